The van der Waals surface area contributed by atoms with Crippen LogP contribution in [0.15, 0.2) is 36.4 Å². The largest absolute Gasteiger partial charge is 0.388 e. The van der Waals surface area contributed by atoms with Gasteiger partial charge in [0.1, 0.15) is 11.6 Å². The van der Waals surface area contributed by atoms with Crippen molar-refractivity contribution in [2.45, 2.75) is 12.5 Å². The predicted molar refractivity (Wildman–Crippen MR) is 71.5 cm³/mol. The van der Waals surface area contributed by atoms with Crippen LogP contribution in [0, 0.1) is 11.6 Å². The minimum absolute atomic E-state index is 0.0181. The van der Waals surface area contributed by atoms with Crippen LogP contribution in [0.2, 0.25) is 10.0 Å². The minimum atomic E-state index is -1.14. The number of benzene rings is 2. The normalized spacial score (nSPS) is 12.5. The molecule has 0 fully saturated rings. The van der Waals surface area contributed by atoms with Crippen molar-refractivity contribution in [3.63, 3.8) is 0 Å². The Labute approximate surface area is 119 Å². The van der Waals surface area contributed by atoms with Crippen LogP contribution in [0.1, 0.15) is 17.2 Å². The third-order valence-corrected chi connectivity index (χ3v) is 3.44. The van der Waals surface area contributed by atoms with Crippen LogP contribution in [0.5, 0.6) is 0 Å². The number of hydrogen-bond donors (Lipinski definition) is 1. The molecule has 0 heterocycles. The molecule has 0 bridgehead atoms. The molecule has 2 aromatic rings. The Morgan fingerprint density at radius 2 is 1.79 bits per heavy atom. The van der Waals surface area contributed by atoms with E-state index in [1.165, 1.54) is 30.3 Å². The van der Waals surface area contributed by atoms with Gasteiger partial charge in [0, 0.05) is 22.0 Å². The van der Waals surface area contributed by atoms with Crippen LogP contribution in [0.3, 0.4) is 0 Å². The van der Waals surface area contributed by atoms with E-state index in [1.54, 1.807) is 0 Å². The molecule has 0 radical (unpaired) electrons. The lowest BCUT2D eigenvalue weighted by molar-refractivity contribution is 0.173. The second kappa shape index (κ2) is 5.87. The summed E-state index contributed by atoms with van der Waals surface area (Å²) in [5, 5.41) is 10.4. The highest BCUT2D eigenvalue weighted by Gasteiger charge is 2.18. The van der Waals surface area contributed by atoms with Gasteiger partial charge in [-0.1, -0.05) is 35.3 Å². The summed E-state index contributed by atoms with van der Waals surface area (Å²) < 4.78 is 26.5. The van der Waals surface area contributed by atoms with E-state index >= 15 is 0 Å². The van der Waals surface area contributed by atoms with Crippen LogP contribution in [-0.2, 0) is 6.42 Å². The van der Waals surface area contributed by atoms with Gasteiger partial charge in [-0.2, -0.15) is 0 Å². The third kappa shape index (κ3) is 3.24. The van der Waals surface area contributed by atoms with E-state index in [1.807, 2.05) is 0 Å². The second-order valence-electron chi connectivity index (χ2n) is 4.09. The molecule has 0 saturated heterocycles. The molecular weight excluding hydrogens is 293 g/mol. The molecule has 0 saturated carbocycles. The summed E-state index contributed by atoms with van der Waals surface area (Å²) in [6.07, 6.45) is -1.09. The molecule has 1 atom stereocenters. The Balaban J connectivity index is 2.28. The van der Waals surface area contributed by atoms with Crippen molar-refractivity contribution in [3.05, 3.63) is 69.2 Å². The summed E-state index contributed by atoms with van der Waals surface area (Å²) >= 11 is 11.7. The van der Waals surface area contributed by atoms with Crippen LogP contribution < -0.4 is 0 Å². The number of hydrogen-bond acceptors (Lipinski definition) is 1. The number of aliphatic hydroxyl groups is 1. The molecule has 2 rings (SSSR count). The topological polar surface area (TPSA) is 20.2 Å². The van der Waals surface area contributed by atoms with Gasteiger partial charge >= 0.3 is 0 Å². The van der Waals surface area contributed by atoms with Crippen molar-refractivity contribution >= 4 is 23.2 Å². The maximum atomic E-state index is 13.6. The minimum Gasteiger partial charge on any atom is -0.388 e. The first-order chi connectivity index (χ1) is 8.99. The van der Waals surface area contributed by atoms with Crippen molar-refractivity contribution in [2.75, 3.05) is 0 Å². The van der Waals surface area contributed by atoms with Gasteiger partial charge in [-0.25, -0.2) is 8.78 Å². The average molecular weight is 303 g/mol. The van der Waals surface area contributed by atoms with Crippen molar-refractivity contribution in [1.82, 2.24) is 0 Å². The molecule has 1 N–H and O–H groups in total. The molecule has 19 heavy (non-hydrogen) atoms. The Morgan fingerprint density at radius 1 is 1.05 bits per heavy atom. The first-order valence-electron chi connectivity index (χ1n) is 5.55. The average Bonchev–Trinajstić information content (AvgIpc) is 2.32. The van der Waals surface area contributed by atoms with Crippen molar-refractivity contribution in [3.8, 4) is 0 Å². The summed E-state index contributed by atoms with van der Waals surface area (Å²) in [4.78, 5) is 0. The molecule has 0 aliphatic carbocycles. The lowest BCUT2D eigenvalue weighted by Gasteiger charge is -2.14. The van der Waals surface area contributed by atoms with Crippen LogP contribution >= 0.6 is 23.2 Å². The van der Waals surface area contributed by atoms with Crippen LogP contribution in [-0.4, -0.2) is 5.11 Å². The third-order valence-electron chi connectivity index (χ3n) is 2.76. The molecule has 0 aliphatic rings. The van der Waals surface area contributed by atoms with E-state index in [-0.39, 0.29) is 22.0 Å². The Bertz CT molecular complexity index is 582. The van der Waals surface area contributed by atoms with Crippen molar-refractivity contribution in [1.29, 1.82) is 0 Å². The van der Waals surface area contributed by atoms with Gasteiger partial charge in [-0.05, 0) is 29.8 Å². The molecule has 0 aliphatic heterocycles. The highest BCUT2D eigenvalue weighted by Crippen LogP contribution is 2.30. The molecule has 0 aromatic heterocycles. The molecule has 5 heteroatoms. The second-order valence-corrected chi connectivity index (χ2v) is 4.91. The van der Waals surface area contributed by atoms with E-state index in [4.69, 9.17) is 23.2 Å². The molecule has 1 nitrogen and oxygen atoms in total. The quantitative estimate of drug-likeness (QED) is 0.882. The van der Waals surface area contributed by atoms with Gasteiger partial charge in [0.05, 0.1) is 6.10 Å². The molecule has 0 amide bonds. The van der Waals surface area contributed by atoms with Gasteiger partial charge in [-0.3, -0.25) is 0 Å². The maximum Gasteiger partial charge on any atom is 0.130 e. The number of rotatable bonds is 3. The predicted octanol–water partition coefficient (Wildman–Crippen LogP) is 4.55. The summed E-state index contributed by atoms with van der Waals surface area (Å²) in [6.45, 7) is 0. The maximum absolute atomic E-state index is 13.6. The fourth-order valence-electron chi connectivity index (χ4n) is 1.83. The van der Waals surface area contributed by atoms with Gasteiger partial charge in [0.15, 0.2) is 0 Å². The fourth-order valence-corrected chi connectivity index (χ4v) is 2.36. The zero-order chi connectivity index (χ0) is 14.0. The molecule has 2 aromatic carbocycles. The van der Waals surface area contributed by atoms with Crippen LogP contribution in [0.25, 0.3) is 0 Å². The fraction of sp³-hybridized carbons (Fsp3) is 0.143. The Morgan fingerprint density at radius 3 is 2.42 bits per heavy atom. The molecule has 1 unspecified atom stereocenters. The monoisotopic (exact) mass is 302 g/mol. The van der Waals surface area contributed by atoms with E-state index in [2.05, 4.69) is 0 Å². The lowest BCUT2D eigenvalue weighted by Crippen LogP contribution is -2.06. The SMILES string of the molecule is OC(Cc1ccc(F)cc1Cl)c1c(F)cccc1Cl. The van der Waals surface area contributed by atoms with Crippen LogP contribution in [0.4, 0.5) is 8.78 Å². The van der Waals surface area contributed by atoms with Gasteiger partial charge in [0.25, 0.3) is 0 Å². The lowest BCUT2D eigenvalue weighted by atomic mass is 10.0. The summed E-state index contributed by atoms with van der Waals surface area (Å²) in [5.41, 5.74) is 0.541. The molecule has 0 spiro atoms. The summed E-state index contributed by atoms with van der Waals surface area (Å²) in [7, 11) is 0. The van der Waals surface area contributed by atoms with E-state index in [9.17, 15) is 13.9 Å². The number of aliphatic hydroxyl groups excluding tert-OH is 1. The summed E-state index contributed by atoms with van der Waals surface area (Å²) in [5.74, 6) is -1.05. The molecular formula is C14H10Cl2F2O. The van der Waals surface area contributed by atoms with Gasteiger partial charge in [-0.15, -0.1) is 0 Å². The summed E-state index contributed by atoms with van der Waals surface area (Å²) in [6, 6.07) is 8.00. The smallest absolute Gasteiger partial charge is 0.130 e. The Kier molecular flexibility index (Phi) is 4.40. The molecule has 100 valence electrons. The standard InChI is InChI=1S/C14H10Cl2F2O/c15-10-2-1-3-12(18)14(10)13(19)6-8-4-5-9(17)7-11(8)16/h1-5,7,13,19H,6H2. The first kappa shape index (κ1) is 14.3. The Hall–Kier alpha value is -1.16. The van der Waals surface area contributed by atoms with E-state index < -0.39 is 17.7 Å². The zero-order valence-corrected chi connectivity index (χ0v) is 11.2. The van der Waals surface area contributed by atoms with E-state index in [0.29, 0.717) is 5.56 Å². The number of halogens is 4. The van der Waals surface area contributed by atoms with Crippen molar-refractivity contribution < 1.29 is 13.9 Å². The first-order valence-corrected chi connectivity index (χ1v) is 6.30. The highest BCUT2D eigenvalue weighted by atomic mass is 35.5. The van der Waals surface area contributed by atoms with Gasteiger partial charge < -0.3 is 5.11 Å². The van der Waals surface area contributed by atoms with Gasteiger partial charge in [0.2, 0.25) is 0 Å². The van der Waals surface area contributed by atoms with E-state index in [0.717, 1.165) is 6.07 Å². The van der Waals surface area contributed by atoms with Crippen molar-refractivity contribution in [2.24, 2.45) is 0 Å². The highest BCUT2D eigenvalue weighted by molar-refractivity contribution is 6.31. The zero-order valence-electron chi connectivity index (χ0n) is 9.71.